The molecule has 2 aliphatic heterocycles. The van der Waals surface area contributed by atoms with Crippen molar-refractivity contribution in [2.75, 3.05) is 9.80 Å². The predicted molar refractivity (Wildman–Crippen MR) is 265 cm³/mol. The Morgan fingerprint density at radius 3 is 1.34 bits per heavy atom. The Balaban J connectivity index is 0.920. The van der Waals surface area contributed by atoms with Gasteiger partial charge in [-0.3, -0.25) is 0 Å². The standard InChI is InChI=1S/C60H38N2O2/c1-4-16-39(17-5-1)46-24-14-15-27-53(46)61(41-19-6-2-7-20-41)43-28-30-49-51-32-35-56-60-52(33-34-55(59(51)60)63-57(49)37-43)50-31-29-44(38-58(50)64-56)62(42-21-8-3-9-22-42)54-36-40-18-10-11-23-45(40)47-25-12-13-26-48(47)54/h1-38H. The first kappa shape index (κ1) is 36.1. The minimum Gasteiger partial charge on any atom is -0.456 e. The van der Waals surface area contributed by atoms with Gasteiger partial charge in [0.2, 0.25) is 0 Å². The summed E-state index contributed by atoms with van der Waals surface area (Å²) in [6.07, 6.45) is 0. The summed E-state index contributed by atoms with van der Waals surface area (Å²) in [5, 5.41) is 6.97. The van der Waals surface area contributed by atoms with Crippen LogP contribution in [0.15, 0.2) is 231 Å². The van der Waals surface area contributed by atoms with Gasteiger partial charge >= 0.3 is 0 Å². The van der Waals surface area contributed by atoms with Crippen LogP contribution in [0.5, 0.6) is 23.0 Å². The predicted octanol–water partition coefficient (Wildman–Crippen LogP) is 17.3. The van der Waals surface area contributed by atoms with Gasteiger partial charge < -0.3 is 19.3 Å². The van der Waals surface area contributed by atoms with E-state index in [1.54, 1.807) is 0 Å². The van der Waals surface area contributed by atoms with Crippen molar-refractivity contribution in [3.8, 4) is 56.4 Å². The molecule has 0 saturated heterocycles. The fourth-order valence-electron chi connectivity index (χ4n) is 9.96. The summed E-state index contributed by atoms with van der Waals surface area (Å²) in [7, 11) is 0. The summed E-state index contributed by atoms with van der Waals surface area (Å²) in [6.45, 7) is 0. The number of anilines is 6. The highest BCUT2D eigenvalue weighted by Gasteiger charge is 2.30. The Labute approximate surface area is 371 Å². The molecule has 0 aromatic heterocycles. The Bertz CT molecular complexity index is 3620. The minimum atomic E-state index is 0.815. The molecular weight excluding hydrogens is 781 g/mol. The Kier molecular flexibility index (Phi) is 8.18. The zero-order chi connectivity index (χ0) is 42.1. The van der Waals surface area contributed by atoms with E-state index in [4.69, 9.17) is 9.47 Å². The third-order valence-electron chi connectivity index (χ3n) is 12.8. The smallest absolute Gasteiger partial charge is 0.137 e. The largest absolute Gasteiger partial charge is 0.456 e. The number of nitrogens with zero attached hydrogens (tertiary/aromatic N) is 2. The van der Waals surface area contributed by atoms with Gasteiger partial charge in [0.15, 0.2) is 0 Å². The van der Waals surface area contributed by atoms with Crippen LogP contribution in [0, 0.1) is 0 Å². The van der Waals surface area contributed by atoms with E-state index in [0.29, 0.717) is 0 Å². The molecule has 300 valence electrons. The number of para-hydroxylation sites is 3. The molecule has 4 heteroatoms. The van der Waals surface area contributed by atoms with Crippen molar-refractivity contribution < 1.29 is 9.47 Å². The van der Waals surface area contributed by atoms with Gasteiger partial charge in [0.1, 0.15) is 23.0 Å². The fourth-order valence-corrected chi connectivity index (χ4v) is 9.96. The highest BCUT2D eigenvalue weighted by molar-refractivity contribution is 6.16. The zero-order valence-electron chi connectivity index (χ0n) is 34.7. The number of benzene rings is 11. The van der Waals surface area contributed by atoms with E-state index in [0.717, 1.165) is 101 Å². The Morgan fingerprint density at radius 2 is 0.734 bits per heavy atom. The molecular formula is C60H38N2O2. The average molecular weight is 819 g/mol. The van der Waals surface area contributed by atoms with Crippen LogP contribution in [0.4, 0.5) is 34.1 Å². The van der Waals surface area contributed by atoms with E-state index in [9.17, 15) is 0 Å². The second-order valence-electron chi connectivity index (χ2n) is 16.4. The SMILES string of the molecule is c1ccc(-c2ccccc2N(c2ccccc2)c2ccc3c(c2)Oc2ccc4c5c(ccc-3c25)Oc2cc(N(c3ccccc3)c3cc5ccccc5c5ccccc35)ccc2-4)cc1. The van der Waals surface area contributed by atoms with Crippen LogP contribution in [-0.4, -0.2) is 0 Å². The van der Waals surface area contributed by atoms with Gasteiger partial charge in [-0.05, 0) is 118 Å². The lowest BCUT2D eigenvalue weighted by Gasteiger charge is -2.31. The molecule has 0 amide bonds. The molecule has 0 N–H and O–H groups in total. The third kappa shape index (κ3) is 5.70. The maximum atomic E-state index is 6.94. The number of hydrogen-bond donors (Lipinski definition) is 0. The Hall–Kier alpha value is -8.60. The van der Waals surface area contributed by atoms with Gasteiger partial charge in [-0.25, -0.2) is 0 Å². The molecule has 0 fully saturated rings. The highest BCUT2D eigenvalue weighted by atomic mass is 16.5. The quantitative estimate of drug-likeness (QED) is 0.150. The molecule has 0 unspecified atom stereocenters. The monoisotopic (exact) mass is 818 g/mol. The molecule has 4 nitrogen and oxygen atoms in total. The van der Waals surface area contributed by atoms with Crippen LogP contribution in [0.25, 0.3) is 65.7 Å². The maximum absolute atomic E-state index is 6.94. The average Bonchev–Trinajstić information content (AvgIpc) is 3.36. The topological polar surface area (TPSA) is 24.9 Å². The van der Waals surface area contributed by atoms with Crippen molar-refractivity contribution in [2.24, 2.45) is 0 Å². The summed E-state index contributed by atoms with van der Waals surface area (Å²) in [6, 6.07) is 81.9. The lowest BCUT2D eigenvalue weighted by atomic mass is 9.88. The van der Waals surface area contributed by atoms with Gasteiger partial charge in [0, 0.05) is 67.7 Å². The molecule has 0 saturated carbocycles. The van der Waals surface area contributed by atoms with Crippen LogP contribution in [0.1, 0.15) is 0 Å². The van der Waals surface area contributed by atoms with Crippen molar-refractivity contribution in [3.05, 3.63) is 231 Å². The highest BCUT2D eigenvalue weighted by Crippen LogP contribution is 2.57. The molecule has 0 spiro atoms. The Morgan fingerprint density at radius 1 is 0.266 bits per heavy atom. The maximum Gasteiger partial charge on any atom is 0.137 e. The molecule has 0 bridgehead atoms. The number of fused-ring (bicyclic) bond motifs is 7. The van der Waals surface area contributed by atoms with E-state index in [-0.39, 0.29) is 0 Å². The first-order valence-corrected chi connectivity index (χ1v) is 21.7. The lowest BCUT2D eigenvalue weighted by Crippen LogP contribution is -2.12. The van der Waals surface area contributed by atoms with Crippen molar-refractivity contribution in [2.45, 2.75) is 0 Å². The van der Waals surface area contributed by atoms with E-state index in [1.165, 1.54) is 21.5 Å². The first-order chi connectivity index (χ1) is 31.7. The molecule has 11 aromatic rings. The van der Waals surface area contributed by atoms with Crippen molar-refractivity contribution in [1.29, 1.82) is 0 Å². The molecule has 2 aliphatic rings. The second-order valence-corrected chi connectivity index (χ2v) is 16.4. The second kappa shape index (κ2) is 14.5. The van der Waals surface area contributed by atoms with E-state index in [2.05, 4.69) is 240 Å². The zero-order valence-corrected chi connectivity index (χ0v) is 34.7. The van der Waals surface area contributed by atoms with Gasteiger partial charge in [-0.1, -0.05) is 133 Å². The third-order valence-corrected chi connectivity index (χ3v) is 12.8. The van der Waals surface area contributed by atoms with Crippen LogP contribution in [0.3, 0.4) is 0 Å². The number of ether oxygens (including phenoxy) is 2. The molecule has 0 aliphatic carbocycles. The van der Waals surface area contributed by atoms with Gasteiger partial charge in [-0.15, -0.1) is 0 Å². The molecule has 0 radical (unpaired) electrons. The molecule has 13 rings (SSSR count). The van der Waals surface area contributed by atoms with Crippen molar-refractivity contribution >= 4 is 66.4 Å². The van der Waals surface area contributed by atoms with Crippen molar-refractivity contribution in [1.82, 2.24) is 0 Å². The van der Waals surface area contributed by atoms with Gasteiger partial charge in [0.05, 0.1) is 11.4 Å². The molecule has 64 heavy (non-hydrogen) atoms. The minimum absolute atomic E-state index is 0.815. The van der Waals surface area contributed by atoms with Gasteiger partial charge in [-0.2, -0.15) is 0 Å². The number of hydrogen-bond acceptors (Lipinski definition) is 4. The first-order valence-electron chi connectivity index (χ1n) is 21.7. The summed E-state index contributed by atoms with van der Waals surface area (Å²) in [4.78, 5) is 4.67. The van der Waals surface area contributed by atoms with E-state index < -0.39 is 0 Å². The normalized spacial score (nSPS) is 12.0. The van der Waals surface area contributed by atoms with E-state index >= 15 is 0 Å². The number of rotatable bonds is 7. The summed E-state index contributed by atoms with van der Waals surface area (Å²) < 4.78 is 13.9. The molecule has 11 aromatic carbocycles. The van der Waals surface area contributed by atoms with E-state index in [1.807, 2.05) is 0 Å². The molecule has 0 atom stereocenters. The lowest BCUT2D eigenvalue weighted by molar-refractivity contribution is 0.480. The van der Waals surface area contributed by atoms with Crippen LogP contribution in [-0.2, 0) is 0 Å². The van der Waals surface area contributed by atoms with Gasteiger partial charge in [0.25, 0.3) is 0 Å². The summed E-state index contributed by atoms with van der Waals surface area (Å²) in [5.74, 6) is 3.27. The fraction of sp³-hybridized carbons (Fsp3) is 0. The van der Waals surface area contributed by atoms with Crippen LogP contribution >= 0.6 is 0 Å². The van der Waals surface area contributed by atoms with Crippen molar-refractivity contribution in [3.63, 3.8) is 0 Å². The summed E-state index contributed by atoms with van der Waals surface area (Å²) >= 11 is 0. The molecule has 2 heterocycles. The van der Waals surface area contributed by atoms with Crippen LogP contribution < -0.4 is 19.3 Å². The van der Waals surface area contributed by atoms with Crippen LogP contribution in [0.2, 0.25) is 0 Å². The summed E-state index contributed by atoms with van der Waals surface area (Å²) in [5.41, 5.74) is 13.0.